The fourth-order valence-corrected chi connectivity index (χ4v) is 2.86. The lowest BCUT2D eigenvalue weighted by molar-refractivity contribution is -0.193. The second-order valence-corrected chi connectivity index (χ2v) is 8.06. The van der Waals surface area contributed by atoms with Crippen molar-refractivity contribution in [1.82, 2.24) is 15.1 Å². The molecule has 0 aromatic heterocycles. The predicted octanol–water partition coefficient (Wildman–Crippen LogP) is 3.51. The second kappa shape index (κ2) is 14.3. The standard InChI is InChI=1S/C15H21Cl2N3O.2C2HF3O2/c1-19-5-6-20(2)13(10-19)8-15(21)18-9-11-7-12(16)3-4-14(11)17;2*3-2(4,5)1(6)7/h3-4,7,13H,5-6,8-10H2,1-2H3,(H,18,21);2*(H,6,7). The van der Waals surface area contributed by atoms with Crippen molar-refractivity contribution in [1.29, 1.82) is 0 Å². The number of halogens is 8. The summed E-state index contributed by atoms with van der Waals surface area (Å²) in [5.74, 6) is -5.47. The average molecular weight is 558 g/mol. The smallest absolute Gasteiger partial charge is 0.475 e. The Bertz CT molecular complexity index is 846. The molecule has 1 unspecified atom stereocenters. The normalized spacial score (nSPS) is 16.8. The Morgan fingerprint density at radius 2 is 1.49 bits per heavy atom. The summed E-state index contributed by atoms with van der Waals surface area (Å²) >= 11 is 12.0. The maximum absolute atomic E-state index is 12.1. The summed E-state index contributed by atoms with van der Waals surface area (Å²) in [7, 11) is 4.16. The van der Waals surface area contributed by atoms with Crippen molar-refractivity contribution in [2.75, 3.05) is 33.7 Å². The van der Waals surface area contributed by atoms with Gasteiger partial charge in [0.2, 0.25) is 5.91 Å². The third-order valence-corrected chi connectivity index (χ3v) is 4.97. The monoisotopic (exact) mass is 557 g/mol. The number of hydrogen-bond acceptors (Lipinski definition) is 5. The Morgan fingerprint density at radius 1 is 1.00 bits per heavy atom. The molecule has 1 aliphatic rings. The lowest BCUT2D eigenvalue weighted by Gasteiger charge is -2.37. The van der Waals surface area contributed by atoms with Crippen LogP contribution in [-0.2, 0) is 20.9 Å². The maximum atomic E-state index is 12.1. The van der Waals surface area contributed by atoms with Crippen LogP contribution in [0.1, 0.15) is 12.0 Å². The van der Waals surface area contributed by atoms with Gasteiger partial charge in [0.25, 0.3) is 0 Å². The Morgan fingerprint density at radius 3 is 1.94 bits per heavy atom. The van der Waals surface area contributed by atoms with Crippen LogP contribution < -0.4 is 5.32 Å². The van der Waals surface area contributed by atoms with Gasteiger partial charge >= 0.3 is 24.3 Å². The number of likely N-dealkylation sites (N-methyl/N-ethyl adjacent to an activating group) is 2. The molecule has 2 rings (SSSR count). The van der Waals surface area contributed by atoms with E-state index in [-0.39, 0.29) is 11.9 Å². The molecule has 1 saturated heterocycles. The van der Waals surface area contributed by atoms with Crippen LogP contribution in [0.15, 0.2) is 18.2 Å². The lowest BCUT2D eigenvalue weighted by Crippen LogP contribution is -2.51. The number of benzene rings is 1. The van der Waals surface area contributed by atoms with E-state index in [9.17, 15) is 31.1 Å². The zero-order valence-electron chi connectivity index (χ0n) is 18.4. The Balaban J connectivity index is 0.000000680. The second-order valence-electron chi connectivity index (χ2n) is 7.22. The third kappa shape index (κ3) is 14.0. The van der Waals surface area contributed by atoms with E-state index in [1.54, 1.807) is 18.2 Å². The molecule has 0 spiro atoms. The van der Waals surface area contributed by atoms with Gasteiger partial charge in [-0.25, -0.2) is 9.59 Å². The molecule has 1 aromatic carbocycles. The summed E-state index contributed by atoms with van der Waals surface area (Å²) in [5.41, 5.74) is 0.839. The van der Waals surface area contributed by atoms with Crippen molar-refractivity contribution < 1.29 is 50.9 Å². The van der Waals surface area contributed by atoms with Crippen molar-refractivity contribution >= 4 is 41.0 Å². The van der Waals surface area contributed by atoms with Crippen LogP contribution in [-0.4, -0.2) is 90.0 Å². The topological polar surface area (TPSA) is 110 Å². The highest BCUT2D eigenvalue weighted by molar-refractivity contribution is 6.33. The zero-order valence-corrected chi connectivity index (χ0v) is 19.9. The van der Waals surface area contributed by atoms with Crippen LogP contribution in [0.2, 0.25) is 10.0 Å². The van der Waals surface area contributed by atoms with Gasteiger partial charge in [-0.2, -0.15) is 26.3 Å². The first-order chi connectivity index (χ1) is 15.8. The van der Waals surface area contributed by atoms with Crippen LogP contribution in [0.3, 0.4) is 0 Å². The number of nitrogens with zero attached hydrogens (tertiary/aromatic N) is 2. The minimum Gasteiger partial charge on any atom is -0.475 e. The van der Waals surface area contributed by atoms with Gasteiger partial charge < -0.3 is 25.3 Å². The average Bonchev–Trinajstić information content (AvgIpc) is 2.71. The molecule has 0 saturated carbocycles. The highest BCUT2D eigenvalue weighted by Gasteiger charge is 2.38. The van der Waals surface area contributed by atoms with E-state index < -0.39 is 24.3 Å². The summed E-state index contributed by atoms with van der Waals surface area (Å²) in [5, 5.41) is 18.4. The van der Waals surface area contributed by atoms with Gasteiger partial charge in [0, 0.05) is 48.7 Å². The molecule has 35 heavy (non-hydrogen) atoms. The van der Waals surface area contributed by atoms with Crippen molar-refractivity contribution in [3.8, 4) is 0 Å². The van der Waals surface area contributed by atoms with E-state index in [1.807, 2.05) is 0 Å². The van der Waals surface area contributed by atoms with Crippen LogP contribution in [0.5, 0.6) is 0 Å². The predicted molar refractivity (Wildman–Crippen MR) is 114 cm³/mol. The molecule has 1 atom stereocenters. The summed E-state index contributed by atoms with van der Waals surface area (Å²) < 4.78 is 63.5. The molecule has 3 N–H and O–H groups in total. The summed E-state index contributed by atoms with van der Waals surface area (Å²) in [6.07, 6.45) is -9.67. The summed E-state index contributed by atoms with van der Waals surface area (Å²) in [4.78, 5) is 34.4. The molecule has 1 amide bonds. The van der Waals surface area contributed by atoms with Gasteiger partial charge in [-0.1, -0.05) is 23.2 Å². The molecule has 0 radical (unpaired) electrons. The molecule has 200 valence electrons. The van der Waals surface area contributed by atoms with Crippen molar-refractivity contribution in [3.63, 3.8) is 0 Å². The van der Waals surface area contributed by atoms with E-state index in [4.69, 9.17) is 43.0 Å². The molecular formula is C19H23Cl2F6N3O5. The van der Waals surface area contributed by atoms with E-state index >= 15 is 0 Å². The van der Waals surface area contributed by atoms with Crippen molar-refractivity contribution in [3.05, 3.63) is 33.8 Å². The van der Waals surface area contributed by atoms with Crippen LogP contribution in [0.4, 0.5) is 26.3 Å². The first kappa shape index (κ1) is 32.7. The molecule has 16 heteroatoms. The summed E-state index contributed by atoms with van der Waals surface area (Å²) in [6.45, 7) is 3.37. The first-order valence-electron chi connectivity index (χ1n) is 9.54. The fourth-order valence-electron chi connectivity index (χ4n) is 2.48. The number of alkyl halides is 6. The van der Waals surface area contributed by atoms with Crippen LogP contribution in [0, 0.1) is 0 Å². The van der Waals surface area contributed by atoms with E-state index in [1.165, 1.54) is 0 Å². The highest BCUT2D eigenvalue weighted by Crippen LogP contribution is 2.20. The lowest BCUT2D eigenvalue weighted by atomic mass is 10.1. The number of carbonyl (C=O) groups is 3. The van der Waals surface area contributed by atoms with Crippen LogP contribution >= 0.6 is 23.2 Å². The Kier molecular flexibility index (Phi) is 13.4. The van der Waals surface area contributed by atoms with E-state index in [0.29, 0.717) is 23.0 Å². The number of nitrogens with one attached hydrogen (secondary N) is 1. The largest absolute Gasteiger partial charge is 0.490 e. The molecule has 0 bridgehead atoms. The van der Waals surface area contributed by atoms with Gasteiger partial charge in [0.05, 0.1) is 0 Å². The Hall–Kier alpha value is -2.29. The number of carbonyl (C=O) groups excluding carboxylic acids is 1. The molecule has 1 aliphatic heterocycles. The molecule has 1 heterocycles. The molecular weight excluding hydrogens is 535 g/mol. The number of aliphatic carboxylic acids is 2. The maximum Gasteiger partial charge on any atom is 0.490 e. The SMILES string of the molecule is CN1CCN(C)C(CC(=O)NCc2cc(Cl)ccc2Cl)C1.O=C(O)C(F)(F)F.O=C(O)C(F)(F)F. The van der Waals surface area contributed by atoms with E-state index in [2.05, 4.69) is 29.2 Å². The van der Waals surface area contributed by atoms with Gasteiger partial charge in [-0.3, -0.25) is 4.79 Å². The number of piperazine rings is 1. The van der Waals surface area contributed by atoms with E-state index in [0.717, 1.165) is 25.2 Å². The molecule has 0 aliphatic carbocycles. The number of amides is 1. The molecule has 1 fully saturated rings. The van der Waals surface area contributed by atoms with Crippen LogP contribution in [0.25, 0.3) is 0 Å². The Labute approximate surface area is 206 Å². The third-order valence-electron chi connectivity index (χ3n) is 4.37. The molecule has 1 aromatic rings. The minimum absolute atomic E-state index is 0.0400. The van der Waals surface area contributed by atoms with Crippen molar-refractivity contribution in [2.45, 2.75) is 31.4 Å². The number of hydrogen-bond donors (Lipinski definition) is 3. The zero-order chi connectivity index (χ0) is 27.6. The molecule has 8 nitrogen and oxygen atoms in total. The van der Waals surface area contributed by atoms with Crippen molar-refractivity contribution in [2.24, 2.45) is 0 Å². The number of carboxylic acid groups (broad SMARTS) is 2. The fraction of sp³-hybridized carbons (Fsp3) is 0.526. The van der Waals surface area contributed by atoms with Gasteiger partial charge in [0.1, 0.15) is 0 Å². The quantitative estimate of drug-likeness (QED) is 0.486. The summed E-state index contributed by atoms with van der Waals surface area (Å²) in [6, 6.07) is 5.53. The first-order valence-corrected chi connectivity index (χ1v) is 10.3. The highest BCUT2D eigenvalue weighted by atomic mass is 35.5. The van der Waals surface area contributed by atoms with Gasteiger partial charge in [0.15, 0.2) is 0 Å². The number of rotatable bonds is 4. The minimum atomic E-state index is -5.08. The number of carboxylic acids is 2. The van der Waals surface area contributed by atoms with Gasteiger partial charge in [-0.05, 0) is 37.9 Å². The van der Waals surface area contributed by atoms with Gasteiger partial charge in [-0.15, -0.1) is 0 Å².